The number of aliphatic carboxylic acids is 1. The number of aromatic nitrogens is 1. The molecule has 7 nitrogen and oxygen atoms in total. The smallest absolute Gasteiger partial charge is 0.326 e. The van der Waals surface area contributed by atoms with Crippen LogP contribution in [0.3, 0.4) is 0 Å². The first-order valence-corrected chi connectivity index (χ1v) is 7.80. The van der Waals surface area contributed by atoms with Crippen LogP contribution in [0.2, 0.25) is 0 Å². The van der Waals surface area contributed by atoms with Crippen molar-refractivity contribution in [2.45, 2.75) is 44.2 Å². The number of carboxylic acids is 1. The Morgan fingerprint density at radius 2 is 1.96 bits per heavy atom. The zero-order valence-electron chi connectivity index (χ0n) is 12.6. The molecule has 0 aromatic carbocycles. The van der Waals surface area contributed by atoms with Crippen molar-refractivity contribution in [3.63, 3.8) is 0 Å². The first kappa shape index (κ1) is 15.5. The van der Waals surface area contributed by atoms with Gasteiger partial charge in [0.2, 0.25) is 5.91 Å². The number of fused-ring (bicyclic) bond motifs is 1. The van der Waals surface area contributed by atoms with Gasteiger partial charge in [-0.05, 0) is 37.3 Å². The van der Waals surface area contributed by atoms with Crippen LogP contribution in [0, 0.1) is 5.92 Å². The molecule has 3 N–H and O–H groups in total. The Bertz CT molecular complexity index is 643. The lowest BCUT2D eigenvalue weighted by molar-refractivity contribution is -0.141. The number of nitrogens with two attached hydrogens (primary N) is 1. The molecule has 1 aliphatic carbocycles. The molecule has 2 fully saturated rings. The van der Waals surface area contributed by atoms with Gasteiger partial charge in [-0.15, -0.1) is 0 Å². The van der Waals surface area contributed by atoms with Gasteiger partial charge in [-0.3, -0.25) is 14.6 Å². The van der Waals surface area contributed by atoms with Crippen molar-refractivity contribution in [2.24, 2.45) is 11.7 Å². The van der Waals surface area contributed by atoms with E-state index in [1.54, 1.807) is 0 Å². The van der Waals surface area contributed by atoms with Crippen molar-refractivity contribution in [3.05, 3.63) is 29.6 Å². The fraction of sp³-hybridized carbons (Fsp3) is 0.500. The van der Waals surface area contributed by atoms with Crippen LogP contribution in [-0.2, 0) is 4.79 Å². The standard InChI is InChI=1S/C16H19N3O4/c17-14(20)10-5-6-11(18-8-10)15(21)19-12-4-2-1-3-9(12)7-13(19)16(22)23/h5-6,8-9,12-13H,1-4,7H2,(H2,17,20)(H,22,23)/t9-,12+,13+/m1/s1. The third-order valence-corrected chi connectivity index (χ3v) is 4.87. The van der Waals surface area contributed by atoms with E-state index in [0.29, 0.717) is 6.42 Å². The zero-order chi connectivity index (χ0) is 16.6. The second kappa shape index (κ2) is 5.98. The Balaban J connectivity index is 1.88. The molecule has 3 atom stereocenters. The van der Waals surface area contributed by atoms with E-state index >= 15 is 0 Å². The van der Waals surface area contributed by atoms with Crippen LogP contribution in [-0.4, -0.2) is 44.9 Å². The number of hydrogen-bond acceptors (Lipinski definition) is 4. The number of carbonyl (C=O) groups is 3. The minimum Gasteiger partial charge on any atom is -0.480 e. The Labute approximate surface area is 133 Å². The number of pyridine rings is 1. The van der Waals surface area contributed by atoms with Gasteiger partial charge in [0.25, 0.3) is 5.91 Å². The molecule has 7 heteroatoms. The lowest BCUT2D eigenvalue weighted by atomic mass is 9.84. The van der Waals surface area contributed by atoms with Gasteiger partial charge in [0.15, 0.2) is 0 Å². The van der Waals surface area contributed by atoms with Gasteiger partial charge in [-0.25, -0.2) is 4.79 Å². The Morgan fingerprint density at radius 3 is 2.57 bits per heavy atom. The maximum atomic E-state index is 12.8. The average molecular weight is 317 g/mol. The summed E-state index contributed by atoms with van der Waals surface area (Å²) in [6.07, 6.45) is 5.64. The molecular weight excluding hydrogens is 298 g/mol. The fourth-order valence-corrected chi connectivity index (χ4v) is 3.77. The summed E-state index contributed by atoms with van der Waals surface area (Å²) in [6.45, 7) is 0. The van der Waals surface area contributed by atoms with E-state index in [4.69, 9.17) is 5.73 Å². The lowest BCUT2D eigenvalue weighted by Gasteiger charge is -2.32. The first-order chi connectivity index (χ1) is 11.0. The number of carbonyl (C=O) groups excluding carboxylic acids is 2. The van der Waals surface area contributed by atoms with E-state index in [1.165, 1.54) is 23.2 Å². The Kier molecular flexibility index (Phi) is 4.02. The third-order valence-electron chi connectivity index (χ3n) is 4.87. The van der Waals surface area contributed by atoms with Gasteiger partial charge in [-0.2, -0.15) is 0 Å². The van der Waals surface area contributed by atoms with Gasteiger partial charge in [0, 0.05) is 12.2 Å². The van der Waals surface area contributed by atoms with Crippen LogP contribution in [0.5, 0.6) is 0 Å². The van der Waals surface area contributed by atoms with Crippen molar-refractivity contribution < 1.29 is 19.5 Å². The molecule has 2 aliphatic rings. The van der Waals surface area contributed by atoms with Crippen molar-refractivity contribution in [1.29, 1.82) is 0 Å². The van der Waals surface area contributed by atoms with Crippen molar-refractivity contribution in [3.8, 4) is 0 Å². The summed E-state index contributed by atoms with van der Waals surface area (Å²) >= 11 is 0. The summed E-state index contributed by atoms with van der Waals surface area (Å²) in [4.78, 5) is 40.9. The van der Waals surface area contributed by atoms with Crippen LogP contribution in [0.1, 0.15) is 53.0 Å². The second-order valence-corrected chi connectivity index (χ2v) is 6.21. The van der Waals surface area contributed by atoms with Crippen LogP contribution >= 0.6 is 0 Å². The maximum absolute atomic E-state index is 12.8. The van der Waals surface area contributed by atoms with Crippen LogP contribution < -0.4 is 5.73 Å². The zero-order valence-corrected chi connectivity index (χ0v) is 12.6. The molecule has 122 valence electrons. The normalized spacial score (nSPS) is 26.6. The van der Waals surface area contributed by atoms with Gasteiger partial charge in [0.1, 0.15) is 11.7 Å². The van der Waals surface area contributed by atoms with E-state index in [2.05, 4.69) is 4.98 Å². The van der Waals surface area contributed by atoms with Crippen molar-refractivity contribution in [2.75, 3.05) is 0 Å². The number of likely N-dealkylation sites (tertiary alicyclic amines) is 1. The average Bonchev–Trinajstić information content (AvgIpc) is 2.94. The van der Waals surface area contributed by atoms with E-state index in [9.17, 15) is 19.5 Å². The number of carboxylic acid groups (broad SMARTS) is 1. The van der Waals surface area contributed by atoms with E-state index in [1.807, 2.05) is 0 Å². The number of rotatable bonds is 3. The van der Waals surface area contributed by atoms with Gasteiger partial charge >= 0.3 is 5.97 Å². The van der Waals surface area contributed by atoms with E-state index in [0.717, 1.165) is 25.7 Å². The summed E-state index contributed by atoms with van der Waals surface area (Å²) < 4.78 is 0. The highest BCUT2D eigenvalue weighted by Crippen LogP contribution is 2.40. The molecule has 0 spiro atoms. The van der Waals surface area contributed by atoms with Crippen molar-refractivity contribution >= 4 is 17.8 Å². The highest BCUT2D eigenvalue weighted by atomic mass is 16.4. The predicted molar refractivity (Wildman–Crippen MR) is 80.7 cm³/mol. The molecular formula is C16H19N3O4. The quantitative estimate of drug-likeness (QED) is 0.864. The third kappa shape index (κ3) is 2.78. The molecule has 1 aromatic rings. The van der Waals surface area contributed by atoms with Crippen molar-refractivity contribution in [1.82, 2.24) is 9.88 Å². The summed E-state index contributed by atoms with van der Waals surface area (Å²) in [7, 11) is 0. The molecule has 23 heavy (non-hydrogen) atoms. The molecule has 0 radical (unpaired) electrons. The van der Waals surface area contributed by atoms with E-state index < -0.39 is 17.9 Å². The van der Waals surface area contributed by atoms with Gasteiger partial charge in [0.05, 0.1) is 5.56 Å². The molecule has 2 heterocycles. The number of hydrogen-bond donors (Lipinski definition) is 2. The largest absolute Gasteiger partial charge is 0.480 e. The Hall–Kier alpha value is -2.44. The molecule has 1 saturated heterocycles. The summed E-state index contributed by atoms with van der Waals surface area (Å²) in [5.41, 5.74) is 5.52. The molecule has 0 bridgehead atoms. The molecule has 1 saturated carbocycles. The molecule has 1 aromatic heterocycles. The molecule has 3 rings (SSSR count). The minimum atomic E-state index is -0.971. The monoisotopic (exact) mass is 317 g/mol. The number of primary amides is 1. The first-order valence-electron chi connectivity index (χ1n) is 7.80. The van der Waals surface area contributed by atoms with E-state index in [-0.39, 0.29) is 29.1 Å². The predicted octanol–water partition coefficient (Wildman–Crippen LogP) is 1.04. The van der Waals surface area contributed by atoms with Gasteiger partial charge in [-0.1, -0.05) is 12.8 Å². The van der Waals surface area contributed by atoms with Crippen LogP contribution in [0.25, 0.3) is 0 Å². The molecule has 1 aliphatic heterocycles. The van der Waals surface area contributed by atoms with Crippen LogP contribution in [0.4, 0.5) is 0 Å². The number of nitrogens with zero attached hydrogens (tertiary/aromatic N) is 2. The fourth-order valence-electron chi connectivity index (χ4n) is 3.77. The molecule has 0 unspecified atom stereocenters. The molecule has 2 amide bonds. The van der Waals surface area contributed by atoms with Gasteiger partial charge < -0.3 is 15.7 Å². The second-order valence-electron chi connectivity index (χ2n) is 6.21. The summed E-state index contributed by atoms with van der Waals surface area (Å²) in [6, 6.07) is 2.03. The lowest BCUT2D eigenvalue weighted by Crippen LogP contribution is -2.46. The highest BCUT2D eigenvalue weighted by Gasteiger charge is 2.47. The highest BCUT2D eigenvalue weighted by molar-refractivity contribution is 5.97. The maximum Gasteiger partial charge on any atom is 0.326 e. The summed E-state index contributed by atoms with van der Waals surface area (Å²) in [5, 5.41) is 9.47. The SMILES string of the molecule is NC(=O)c1ccc(C(=O)N2[C@H](C(=O)O)C[C@H]3CCCC[C@@H]32)nc1. The number of amides is 2. The Morgan fingerprint density at radius 1 is 1.22 bits per heavy atom. The topological polar surface area (TPSA) is 114 Å². The minimum absolute atomic E-state index is 0.0324. The summed E-state index contributed by atoms with van der Waals surface area (Å²) in [5.74, 6) is -1.73. The van der Waals surface area contributed by atoms with Crippen LogP contribution in [0.15, 0.2) is 18.3 Å².